The monoisotopic (exact) mass is 226 g/mol. The van der Waals surface area contributed by atoms with E-state index in [1.165, 1.54) is 7.11 Å². The van der Waals surface area contributed by atoms with Gasteiger partial charge in [-0.1, -0.05) is 6.92 Å². The van der Waals surface area contributed by atoms with E-state index in [1.807, 2.05) is 6.92 Å². The van der Waals surface area contributed by atoms with Gasteiger partial charge in [0.2, 0.25) is 6.29 Å². The quantitative estimate of drug-likeness (QED) is 0.648. The number of ether oxygens (including phenoxy) is 2. The van der Waals surface area contributed by atoms with Gasteiger partial charge in [-0.25, -0.2) is 4.79 Å². The van der Waals surface area contributed by atoms with Gasteiger partial charge in [0, 0.05) is 12.3 Å². The summed E-state index contributed by atoms with van der Waals surface area (Å²) in [6.45, 7) is 1.87. The summed E-state index contributed by atoms with van der Waals surface area (Å²) in [5, 5.41) is 9.67. The molecule has 1 N–H and O–H groups in total. The van der Waals surface area contributed by atoms with Gasteiger partial charge in [0.15, 0.2) is 0 Å². The Balaban J connectivity index is 2.35. The molecular weight excluding hydrogens is 212 g/mol. The molecule has 1 heterocycles. The number of hydrogen-bond donors (Lipinski definition) is 1. The van der Waals surface area contributed by atoms with Crippen molar-refractivity contribution in [2.24, 2.45) is 17.8 Å². The fraction of sp³-hybridized carbons (Fsp3) is 0.636. The number of rotatable bonds is 1. The zero-order valence-corrected chi connectivity index (χ0v) is 9.17. The highest BCUT2D eigenvalue weighted by molar-refractivity contribution is 5.99. The number of fused-ring (bicyclic) bond motifs is 1. The highest BCUT2D eigenvalue weighted by Gasteiger charge is 2.50. The average molecular weight is 226 g/mol. The van der Waals surface area contributed by atoms with Crippen LogP contribution < -0.4 is 0 Å². The van der Waals surface area contributed by atoms with Crippen LogP contribution in [0, 0.1) is 17.8 Å². The van der Waals surface area contributed by atoms with Gasteiger partial charge in [0.25, 0.3) is 0 Å². The van der Waals surface area contributed by atoms with E-state index in [9.17, 15) is 14.7 Å². The van der Waals surface area contributed by atoms with Crippen LogP contribution >= 0.6 is 0 Å². The predicted molar refractivity (Wildman–Crippen MR) is 53.0 cm³/mol. The number of esters is 1. The first-order chi connectivity index (χ1) is 7.56. The first-order valence-electron chi connectivity index (χ1n) is 5.21. The molecule has 88 valence electrons. The van der Waals surface area contributed by atoms with Crippen molar-refractivity contribution < 1.29 is 24.2 Å². The summed E-state index contributed by atoms with van der Waals surface area (Å²) >= 11 is 0. The summed E-state index contributed by atoms with van der Waals surface area (Å²) in [5.74, 6) is -1.50. The molecule has 5 nitrogen and oxygen atoms in total. The van der Waals surface area contributed by atoms with Crippen LogP contribution in [0.15, 0.2) is 11.8 Å². The maximum atomic E-state index is 11.8. The molecule has 0 spiro atoms. The van der Waals surface area contributed by atoms with Gasteiger partial charge in [-0.2, -0.15) is 0 Å². The second-order valence-electron chi connectivity index (χ2n) is 4.29. The summed E-state index contributed by atoms with van der Waals surface area (Å²) in [6, 6.07) is 0. The minimum atomic E-state index is -1.01. The Bertz CT molecular complexity index is 359. The minimum Gasteiger partial charge on any atom is -0.472 e. The molecule has 2 rings (SSSR count). The molecule has 1 fully saturated rings. The van der Waals surface area contributed by atoms with E-state index < -0.39 is 18.2 Å². The van der Waals surface area contributed by atoms with Crippen molar-refractivity contribution in [1.29, 1.82) is 0 Å². The van der Waals surface area contributed by atoms with Crippen LogP contribution in [0.2, 0.25) is 0 Å². The molecule has 1 aliphatic heterocycles. The zero-order valence-electron chi connectivity index (χ0n) is 9.17. The average Bonchev–Trinajstić information content (AvgIpc) is 2.55. The molecule has 4 atom stereocenters. The van der Waals surface area contributed by atoms with E-state index in [-0.39, 0.29) is 23.2 Å². The third-order valence-corrected chi connectivity index (χ3v) is 3.33. The molecule has 0 bridgehead atoms. The maximum Gasteiger partial charge on any atom is 0.337 e. The first kappa shape index (κ1) is 11.1. The van der Waals surface area contributed by atoms with Crippen molar-refractivity contribution in [2.75, 3.05) is 7.11 Å². The van der Waals surface area contributed by atoms with Gasteiger partial charge in [0.05, 0.1) is 24.9 Å². The summed E-state index contributed by atoms with van der Waals surface area (Å²) in [6.07, 6.45) is 0.498. The standard InChI is InChI=1S/C11H14O5/c1-5-3-7(12)9-6(10(13)15-2)4-16-11(14)8(5)9/h4-5,8-9,11,14H,3H2,1-2H3/t5-,8+,9-,11+/m0/s1. The molecule has 0 radical (unpaired) electrons. The molecular formula is C11H14O5. The molecule has 5 heteroatoms. The van der Waals surface area contributed by atoms with Gasteiger partial charge in [-0.3, -0.25) is 4.79 Å². The molecule has 0 unspecified atom stereocenters. The fourth-order valence-corrected chi connectivity index (χ4v) is 2.55. The highest BCUT2D eigenvalue weighted by atomic mass is 16.6. The van der Waals surface area contributed by atoms with Crippen LogP contribution in [-0.4, -0.2) is 30.3 Å². The second-order valence-corrected chi connectivity index (χ2v) is 4.29. The third-order valence-electron chi connectivity index (χ3n) is 3.33. The number of aliphatic hydroxyl groups excluding tert-OH is 1. The van der Waals surface area contributed by atoms with Gasteiger partial charge < -0.3 is 14.6 Å². The van der Waals surface area contributed by atoms with Crippen molar-refractivity contribution in [1.82, 2.24) is 0 Å². The summed E-state index contributed by atoms with van der Waals surface area (Å²) in [7, 11) is 1.26. The Morgan fingerprint density at radius 3 is 2.94 bits per heavy atom. The summed E-state index contributed by atoms with van der Waals surface area (Å²) in [4.78, 5) is 23.2. The molecule has 1 aliphatic carbocycles. The first-order valence-corrected chi connectivity index (χ1v) is 5.21. The summed E-state index contributed by atoms with van der Waals surface area (Å²) in [5.41, 5.74) is 0.215. The van der Waals surface area contributed by atoms with E-state index in [1.54, 1.807) is 0 Å². The number of Topliss-reactive ketones (excluding diaryl/α,β-unsaturated/α-hetero) is 1. The third kappa shape index (κ3) is 1.51. The molecule has 1 saturated carbocycles. The Labute approximate surface area is 93.0 Å². The Morgan fingerprint density at radius 1 is 1.62 bits per heavy atom. The predicted octanol–water partition coefficient (Wildman–Crippen LogP) is 0.233. The number of aliphatic hydroxyl groups is 1. The van der Waals surface area contributed by atoms with Crippen molar-refractivity contribution in [2.45, 2.75) is 19.6 Å². The zero-order chi connectivity index (χ0) is 11.9. The normalized spacial score (nSPS) is 37.4. The lowest BCUT2D eigenvalue weighted by molar-refractivity contribution is -0.148. The number of carbonyl (C=O) groups is 2. The van der Waals surface area contributed by atoms with E-state index in [0.29, 0.717) is 6.42 Å². The van der Waals surface area contributed by atoms with Crippen molar-refractivity contribution in [3.63, 3.8) is 0 Å². The Hall–Kier alpha value is -1.36. The number of ketones is 1. The number of carbonyl (C=O) groups excluding carboxylic acids is 2. The van der Waals surface area contributed by atoms with E-state index in [0.717, 1.165) is 6.26 Å². The molecule has 0 aromatic rings. The largest absolute Gasteiger partial charge is 0.472 e. The van der Waals surface area contributed by atoms with E-state index in [2.05, 4.69) is 4.74 Å². The van der Waals surface area contributed by atoms with E-state index in [4.69, 9.17) is 4.74 Å². The second kappa shape index (κ2) is 3.90. The topological polar surface area (TPSA) is 72.8 Å². The summed E-state index contributed by atoms with van der Waals surface area (Å²) < 4.78 is 9.58. The highest BCUT2D eigenvalue weighted by Crippen LogP contribution is 2.43. The van der Waals surface area contributed by atoms with Crippen molar-refractivity contribution >= 4 is 11.8 Å². The number of hydrogen-bond acceptors (Lipinski definition) is 5. The molecule has 0 amide bonds. The maximum absolute atomic E-state index is 11.8. The van der Waals surface area contributed by atoms with Crippen molar-refractivity contribution in [3.05, 3.63) is 11.8 Å². The van der Waals surface area contributed by atoms with Crippen molar-refractivity contribution in [3.8, 4) is 0 Å². The van der Waals surface area contributed by atoms with Crippen LogP contribution in [0.1, 0.15) is 13.3 Å². The van der Waals surface area contributed by atoms with E-state index >= 15 is 0 Å². The molecule has 0 aromatic heterocycles. The van der Waals surface area contributed by atoms with Crippen LogP contribution in [-0.2, 0) is 19.1 Å². The molecule has 0 saturated heterocycles. The van der Waals surface area contributed by atoms with Gasteiger partial charge >= 0.3 is 5.97 Å². The fourth-order valence-electron chi connectivity index (χ4n) is 2.55. The lowest BCUT2D eigenvalue weighted by Gasteiger charge is -2.30. The molecule has 16 heavy (non-hydrogen) atoms. The Kier molecular flexibility index (Phi) is 2.71. The lowest BCUT2D eigenvalue weighted by Crippen LogP contribution is -2.37. The number of methoxy groups -OCH3 is 1. The van der Waals surface area contributed by atoms with Gasteiger partial charge in [-0.05, 0) is 5.92 Å². The van der Waals surface area contributed by atoms with Crippen LogP contribution in [0.25, 0.3) is 0 Å². The van der Waals surface area contributed by atoms with Crippen LogP contribution in [0.5, 0.6) is 0 Å². The van der Waals surface area contributed by atoms with Crippen LogP contribution in [0.4, 0.5) is 0 Å². The Morgan fingerprint density at radius 2 is 2.31 bits per heavy atom. The van der Waals surface area contributed by atoms with Gasteiger partial charge in [0.1, 0.15) is 5.78 Å². The van der Waals surface area contributed by atoms with Crippen LogP contribution in [0.3, 0.4) is 0 Å². The van der Waals surface area contributed by atoms with Gasteiger partial charge in [-0.15, -0.1) is 0 Å². The minimum absolute atomic E-state index is 0.0147. The molecule has 0 aromatic carbocycles. The molecule has 2 aliphatic rings. The SMILES string of the molecule is COC(=O)C1=CO[C@@H](O)[C@H]2[C@@H]1C(=O)C[C@@H]2C. The lowest BCUT2D eigenvalue weighted by atomic mass is 9.83. The smallest absolute Gasteiger partial charge is 0.337 e.